The third-order valence-electron chi connectivity index (χ3n) is 3.89. The molecule has 0 aliphatic heterocycles. The second kappa shape index (κ2) is 5.74. The van der Waals surface area contributed by atoms with E-state index in [1.54, 1.807) is 0 Å². The van der Waals surface area contributed by atoms with E-state index >= 15 is 0 Å². The number of aryl methyl sites for hydroxylation is 2. The molecular weight excluding hydrogens is 262 g/mol. The first-order chi connectivity index (χ1) is 10.2. The molecule has 0 saturated carbocycles. The molecule has 0 bridgehead atoms. The average molecular weight is 283 g/mol. The van der Waals surface area contributed by atoms with Gasteiger partial charge in [0, 0.05) is 13.0 Å². The van der Waals surface area contributed by atoms with Gasteiger partial charge in [-0.05, 0) is 45.2 Å². The molecule has 21 heavy (non-hydrogen) atoms. The zero-order chi connectivity index (χ0) is 14.8. The third kappa shape index (κ3) is 2.59. The van der Waals surface area contributed by atoms with Crippen molar-refractivity contribution in [3.05, 3.63) is 53.7 Å². The van der Waals surface area contributed by atoms with Gasteiger partial charge in [0.25, 0.3) is 0 Å². The van der Waals surface area contributed by atoms with Crippen molar-refractivity contribution in [3.63, 3.8) is 0 Å². The summed E-state index contributed by atoms with van der Waals surface area (Å²) in [5, 5.41) is 3.33. The fourth-order valence-corrected chi connectivity index (χ4v) is 2.80. The second-order valence-electron chi connectivity index (χ2n) is 5.25. The molecule has 1 N–H and O–H groups in total. The highest BCUT2D eigenvalue weighted by Gasteiger charge is 2.18. The Morgan fingerprint density at radius 1 is 1.24 bits per heavy atom. The lowest BCUT2D eigenvalue weighted by Gasteiger charge is -2.14. The standard InChI is InChI=1S/C17H21N3O/c1-4-20-15-8-6-5-7-13(15)19-17(20)11-14(18-3)16-10-9-12(2)21-16/h5-10,14,18H,4,11H2,1-3H3. The third-order valence-corrected chi connectivity index (χ3v) is 3.89. The first-order valence-electron chi connectivity index (χ1n) is 7.40. The molecule has 3 aromatic rings. The lowest BCUT2D eigenvalue weighted by molar-refractivity contribution is 0.408. The van der Waals surface area contributed by atoms with E-state index in [2.05, 4.69) is 35.0 Å². The van der Waals surface area contributed by atoms with Crippen molar-refractivity contribution in [2.45, 2.75) is 32.9 Å². The molecule has 4 nitrogen and oxygen atoms in total. The van der Waals surface area contributed by atoms with Crippen LogP contribution in [0.25, 0.3) is 11.0 Å². The van der Waals surface area contributed by atoms with E-state index in [0.29, 0.717) is 0 Å². The number of likely N-dealkylation sites (N-methyl/N-ethyl adjacent to an activating group) is 1. The highest BCUT2D eigenvalue weighted by Crippen LogP contribution is 2.23. The molecule has 1 unspecified atom stereocenters. The molecule has 4 heteroatoms. The summed E-state index contributed by atoms with van der Waals surface area (Å²) in [4.78, 5) is 4.78. The molecule has 0 radical (unpaired) electrons. The van der Waals surface area contributed by atoms with Crippen molar-refractivity contribution in [1.82, 2.24) is 14.9 Å². The molecule has 0 aliphatic carbocycles. The molecule has 3 rings (SSSR count). The van der Waals surface area contributed by atoms with E-state index < -0.39 is 0 Å². The Morgan fingerprint density at radius 2 is 2.05 bits per heavy atom. The van der Waals surface area contributed by atoms with Crippen LogP contribution in [0.4, 0.5) is 0 Å². The monoisotopic (exact) mass is 283 g/mol. The maximum atomic E-state index is 5.76. The Bertz CT molecular complexity index is 741. The van der Waals surface area contributed by atoms with Gasteiger partial charge in [0.05, 0.1) is 17.1 Å². The van der Waals surface area contributed by atoms with Crippen molar-refractivity contribution in [3.8, 4) is 0 Å². The fourth-order valence-electron chi connectivity index (χ4n) is 2.80. The molecule has 0 fully saturated rings. The number of rotatable bonds is 5. The van der Waals surface area contributed by atoms with E-state index in [-0.39, 0.29) is 6.04 Å². The zero-order valence-corrected chi connectivity index (χ0v) is 12.8. The molecule has 0 aliphatic rings. The number of imidazole rings is 1. The van der Waals surface area contributed by atoms with Crippen LogP contribution in [-0.4, -0.2) is 16.6 Å². The Hall–Kier alpha value is -2.07. The van der Waals surface area contributed by atoms with E-state index in [9.17, 15) is 0 Å². The van der Waals surface area contributed by atoms with Crippen molar-refractivity contribution in [2.75, 3.05) is 7.05 Å². The number of hydrogen-bond donors (Lipinski definition) is 1. The minimum atomic E-state index is 0.140. The summed E-state index contributed by atoms with van der Waals surface area (Å²) in [6, 6.07) is 12.5. The quantitative estimate of drug-likeness (QED) is 0.779. The maximum Gasteiger partial charge on any atom is 0.121 e. The zero-order valence-electron chi connectivity index (χ0n) is 12.8. The average Bonchev–Trinajstić information content (AvgIpc) is 3.07. The minimum Gasteiger partial charge on any atom is -0.465 e. The lowest BCUT2D eigenvalue weighted by atomic mass is 10.1. The maximum absolute atomic E-state index is 5.76. The summed E-state index contributed by atoms with van der Waals surface area (Å²) in [6.45, 7) is 5.05. The van der Waals surface area contributed by atoms with Crippen molar-refractivity contribution < 1.29 is 4.42 Å². The van der Waals surface area contributed by atoms with Gasteiger partial charge in [-0.2, -0.15) is 0 Å². The number of benzene rings is 1. The molecular formula is C17H21N3O. The molecule has 0 saturated heterocycles. The highest BCUT2D eigenvalue weighted by molar-refractivity contribution is 5.75. The Morgan fingerprint density at radius 3 is 2.71 bits per heavy atom. The van der Waals surface area contributed by atoms with Gasteiger partial charge in [-0.3, -0.25) is 0 Å². The van der Waals surface area contributed by atoms with E-state index in [1.165, 1.54) is 5.52 Å². The van der Waals surface area contributed by atoms with Crippen LogP contribution >= 0.6 is 0 Å². The van der Waals surface area contributed by atoms with Gasteiger partial charge in [0.15, 0.2) is 0 Å². The minimum absolute atomic E-state index is 0.140. The van der Waals surface area contributed by atoms with Gasteiger partial charge in [-0.25, -0.2) is 4.98 Å². The number of fused-ring (bicyclic) bond motifs is 1. The molecule has 1 aromatic carbocycles. The Kier molecular flexibility index (Phi) is 3.80. The number of nitrogens with zero attached hydrogens (tertiary/aromatic N) is 2. The van der Waals surface area contributed by atoms with Gasteiger partial charge in [-0.15, -0.1) is 0 Å². The molecule has 110 valence electrons. The summed E-state index contributed by atoms with van der Waals surface area (Å²) < 4.78 is 8.03. The summed E-state index contributed by atoms with van der Waals surface area (Å²) >= 11 is 0. The van der Waals surface area contributed by atoms with Gasteiger partial charge < -0.3 is 14.3 Å². The predicted molar refractivity (Wildman–Crippen MR) is 84.4 cm³/mol. The summed E-state index contributed by atoms with van der Waals surface area (Å²) in [5.41, 5.74) is 2.25. The Balaban J connectivity index is 1.96. The van der Waals surface area contributed by atoms with E-state index in [0.717, 1.165) is 35.8 Å². The second-order valence-corrected chi connectivity index (χ2v) is 5.25. The van der Waals surface area contributed by atoms with Gasteiger partial charge >= 0.3 is 0 Å². The number of hydrogen-bond acceptors (Lipinski definition) is 3. The lowest BCUT2D eigenvalue weighted by Crippen LogP contribution is -2.20. The van der Waals surface area contributed by atoms with Gasteiger partial charge in [0.2, 0.25) is 0 Å². The summed E-state index contributed by atoms with van der Waals surface area (Å²) in [5.74, 6) is 2.99. The van der Waals surface area contributed by atoms with Crippen molar-refractivity contribution >= 4 is 11.0 Å². The molecule has 0 amide bonds. The van der Waals surface area contributed by atoms with Crippen molar-refractivity contribution in [1.29, 1.82) is 0 Å². The fraction of sp³-hybridized carbons (Fsp3) is 0.353. The van der Waals surface area contributed by atoms with Crippen LogP contribution in [0.5, 0.6) is 0 Å². The normalized spacial score (nSPS) is 12.9. The topological polar surface area (TPSA) is 43.0 Å². The summed E-state index contributed by atoms with van der Waals surface area (Å²) in [7, 11) is 1.96. The number of para-hydroxylation sites is 2. The summed E-state index contributed by atoms with van der Waals surface area (Å²) in [6.07, 6.45) is 0.811. The predicted octanol–water partition coefficient (Wildman–Crippen LogP) is 3.46. The van der Waals surface area contributed by atoms with Crippen LogP contribution < -0.4 is 5.32 Å². The smallest absolute Gasteiger partial charge is 0.121 e. The molecule has 2 aromatic heterocycles. The van der Waals surface area contributed by atoms with E-state index in [1.807, 2.05) is 32.2 Å². The SMILES string of the molecule is CCn1c(CC(NC)c2ccc(C)o2)nc2ccccc21. The molecule has 1 atom stereocenters. The number of nitrogens with one attached hydrogen (secondary N) is 1. The van der Waals surface area contributed by atoms with Crippen LogP contribution in [0.2, 0.25) is 0 Å². The van der Waals surface area contributed by atoms with Gasteiger partial charge in [0.1, 0.15) is 17.3 Å². The molecule has 0 spiro atoms. The number of furan rings is 1. The first-order valence-corrected chi connectivity index (χ1v) is 7.40. The van der Waals surface area contributed by atoms with Gasteiger partial charge in [-0.1, -0.05) is 12.1 Å². The van der Waals surface area contributed by atoms with Crippen molar-refractivity contribution in [2.24, 2.45) is 0 Å². The van der Waals surface area contributed by atoms with Crippen LogP contribution in [0.3, 0.4) is 0 Å². The van der Waals surface area contributed by atoms with Crippen LogP contribution in [-0.2, 0) is 13.0 Å². The van der Waals surface area contributed by atoms with Crippen LogP contribution in [0.1, 0.15) is 30.3 Å². The van der Waals surface area contributed by atoms with E-state index in [4.69, 9.17) is 9.40 Å². The number of aromatic nitrogens is 2. The largest absolute Gasteiger partial charge is 0.465 e. The first kappa shape index (κ1) is 13.9. The Labute approximate surface area is 124 Å². The molecule has 2 heterocycles. The van der Waals surface area contributed by atoms with Crippen LogP contribution in [0, 0.1) is 6.92 Å². The highest BCUT2D eigenvalue weighted by atomic mass is 16.3. The van der Waals surface area contributed by atoms with Crippen LogP contribution in [0.15, 0.2) is 40.8 Å².